The normalized spacial score (nSPS) is 27.7. The van der Waals surface area contributed by atoms with Crippen LogP contribution in [0, 0.1) is 0 Å². The largest absolute Gasteiger partial charge is 0.390 e. The Morgan fingerprint density at radius 3 is 2.44 bits per heavy atom. The van der Waals surface area contributed by atoms with Crippen molar-refractivity contribution >= 4 is 17.7 Å². The Kier molecular flexibility index (Phi) is 5.42. The summed E-state index contributed by atoms with van der Waals surface area (Å²) in [6.07, 6.45) is 10.6. The van der Waals surface area contributed by atoms with Gasteiger partial charge in [0.25, 0.3) is 5.91 Å². The highest BCUT2D eigenvalue weighted by molar-refractivity contribution is 5.97. The van der Waals surface area contributed by atoms with Crippen molar-refractivity contribution in [1.29, 1.82) is 0 Å². The molecule has 0 saturated heterocycles. The first-order chi connectivity index (χ1) is 11.9. The smallest absolute Gasteiger partial charge is 0.254 e. The molecule has 0 aromatic carbocycles. The second-order valence-electron chi connectivity index (χ2n) is 7.71. The van der Waals surface area contributed by atoms with E-state index in [0.29, 0.717) is 23.4 Å². The lowest BCUT2D eigenvalue weighted by atomic mass is 9.83. The number of nitrogens with one attached hydrogen (secondary N) is 2. The summed E-state index contributed by atoms with van der Waals surface area (Å²) in [5.41, 5.74) is 5.20. The van der Waals surface area contributed by atoms with Gasteiger partial charge in [-0.05, 0) is 45.4 Å². The van der Waals surface area contributed by atoms with Crippen LogP contribution in [-0.2, 0) is 0 Å². The third-order valence-electron chi connectivity index (χ3n) is 5.40. The third kappa shape index (κ3) is 4.81. The van der Waals surface area contributed by atoms with E-state index in [1.165, 1.54) is 25.5 Å². The summed E-state index contributed by atoms with van der Waals surface area (Å²) in [7, 11) is 0. The molecule has 5 N–H and O–H groups in total. The van der Waals surface area contributed by atoms with Gasteiger partial charge in [0, 0.05) is 18.3 Å². The molecular weight excluding hydrogens is 318 g/mol. The van der Waals surface area contributed by atoms with E-state index in [1.54, 1.807) is 0 Å². The van der Waals surface area contributed by atoms with E-state index in [0.717, 1.165) is 38.5 Å². The number of carbonyl (C=O) groups excluding carboxylic acids is 1. The van der Waals surface area contributed by atoms with E-state index in [2.05, 4.69) is 20.6 Å². The Morgan fingerprint density at radius 2 is 1.80 bits per heavy atom. The molecule has 2 aliphatic rings. The first kappa shape index (κ1) is 17.9. The Morgan fingerprint density at radius 1 is 1.16 bits per heavy atom. The molecule has 2 aliphatic carbocycles. The third-order valence-corrected chi connectivity index (χ3v) is 5.40. The molecule has 2 saturated carbocycles. The maximum atomic E-state index is 11.7. The number of nitrogens with two attached hydrogens (primary N) is 1. The zero-order valence-corrected chi connectivity index (χ0v) is 14.9. The molecule has 1 aromatic rings. The summed E-state index contributed by atoms with van der Waals surface area (Å²) in [6.45, 7) is 1.87. The lowest BCUT2D eigenvalue weighted by molar-refractivity contribution is 0.0196. The number of nitrogens with zero attached hydrogens (tertiary/aromatic N) is 2. The molecule has 7 heteroatoms. The van der Waals surface area contributed by atoms with Crippen molar-refractivity contribution < 1.29 is 9.90 Å². The van der Waals surface area contributed by atoms with Gasteiger partial charge >= 0.3 is 0 Å². The average molecular weight is 347 g/mol. The van der Waals surface area contributed by atoms with Gasteiger partial charge in [0.15, 0.2) is 0 Å². The minimum atomic E-state index is -0.593. The summed E-state index contributed by atoms with van der Waals surface area (Å²) < 4.78 is 0. The molecule has 1 heterocycles. The van der Waals surface area contributed by atoms with Crippen LogP contribution in [0.5, 0.6) is 0 Å². The van der Waals surface area contributed by atoms with Crippen molar-refractivity contribution in [2.24, 2.45) is 5.73 Å². The SMILES string of the molecule is C[C@]1(O)CC[C@@H](Nc2nc(NC3CCCCC3)ncc2C(N)=O)CC1. The monoisotopic (exact) mass is 347 g/mol. The zero-order chi connectivity index (χ0) is 17.9. The van der Waals surface area contributed by atoms with Gasteiger partial charge in [0.05, 0.1) is 11.2 Å². The van der Waals surface area contributed by atoms with Gasteiger partial charge in [0.1, 0.15) is 5.82 Å². The van der Waals surface area contributed by atoms with Crippen LogP contribution >= 0.6 is 0 Å². The second-order valence-corrected chi connectivity index (χ2v) is 7.71. The molecule has 0 bridgehead atoms. The Balaban J connectivity index is 1.71. The van der Waals surface area contributed by atoms with Crippen molar-refractivity contribution in [3.05, 3.63) is 11.8 Å². The topological polar surface area (TPSA) is 113 Å². The highest BCUT2D eigenvalue weighted by Crippen LogP contribution is 2.30. The fraction of sp³-hybridized carbons (Fsp3) is 0.722. The first-order valence-corrected chi connectivity index (χ1v) is 9.35. The van der Waals surface area contributed by atoms with Crippen LogP contribution in [0.2, 0.25) is 0 Å². The number of rotatable bonds is 5. The highest BCUT2D eigenvalue weighted by atomic mass is 16.3. The summed E-state index contributed by atoms with van der Waals surface area (Å²) in [5.74, 6) is 0.504. The molecule has 0 atom stereocenters. The number of primary amides is 1. The molecule has 0 spiro atoms. The zero-order valence-electron chi connectivity index (χ0n) is 14.9. The van der Waals surface area contributed by atoms with Gasteiger partial charge < -0.3 is 21.5 Å². The van der Waals surface area contributed by atoms with Gasteiger partial charge in [-0.15, -0.1) is 0 Å². The average Bonchev–Trinajstić information content (AvgIpc) is 2.58. The lowest BCUT2D eigenvalue weighted by Gasteiger charge is -2.33. The predicted octanol–water partition coefficient (Wildman–Crippen LogP) is 2.43. The molecule has 25 heavy (non-hydrogen) atoms. The molecule has 0 radical (unpaired) electrons. The molecule has 138 valence electrons. The predicted molar refractivity (Wildman–Crippen MR) is 97.5 cm³/mol. The van der Waals surface area contributed by atoms with Crippen LogP contribution < -0.4 is 16.4 Å². The highest BCUT2D eigenvalue weighted by Gasteiger charge is 2.29. The number of aromatic nitrogens is 2. The minimum Gasteiger partial charge on any atom is -0.390 e. The minimum absolute atomic E-state index is 0.177. The van der Waals surface area contributed by atoms with Crippen molar-refractivity contribution in [1.82, 2.24) is 9.97 Å². The Hall–Kier alpha value is -1.89. The van der Waals surface area contributed by atoms with Crippen LogP contribution in [0.25, 0.3) is 0 Å². The first-order valence-electron chi connectivity index (χ1n) is 9.35. The number of hydrogen-bond acceptors (Lipinski definition) is 6. The van der Waals surface area contributed by atoms with Gasteiger partial charge in [-0.2, -0.15) is 4.98 Å². The number of amides is 1. The van der Waals surface area contributed by atoms with Gasteiger partial charge in [-0.1, -0.05) is 19.3 Å². The van der Waals surface area contributed by atoms with Crippen molar-refractivity contribution in [2.75, 3.05) is 10.6 Å². The Bertz CT molecular complexity index is 603. The Labute approximate surface area is 148 Å². The van der Waals surface area contributed by atoms with E-state index in [-0.39, 0.29) is 6.04 Å². The summed E-state index contributed by atoms with van der Waals surface area (Å²) in [6, 6.07) is 0.571. The number of hydrogen-bond donors (Lipinski definition) is 4. The van der Waals surface area contributed by atoms with Gasteiger partial charge in [0.2, 0.25) is 5.95 Å². The van der Waals surface area contributed by atoms with Gasteiger partial charge in [-0.3, -0.25) is 4.79 Å². The standard InChI is InChI=1S/C18H29N5O2/c1-18(25)9-7-13(8-10-18)21-16-14(15(19)24)11-20-17(23-16)22-12-5-3-2-4-6-12/h11-13,25H,2-10H2,1H3,(H2,19,24)(H2,20,21,22,23)/t13-,18+. The fourth-order valence-corrected chi connectivity index (χ4v) is 3.75. The summed E-state index contributed by atoms with van der Waals surface area (Å²) >= 11 is 0. The van der Waals surface area contributed by atoms with Crippen molar-refractivity contribution in [3.8, 4) is 0 Å². The lowest BCUT2D eigenvalue weighted by Crippen LogP contribution is -2.36. The number of aliphatic hydroxyl groups is 1. The molecule has 0 unspecified atom stereocenters. The molecule has 1 amide bonds. The maximum Gasteiger partial charge on any atom is 0.254 e. The molecular formula is C18H29N5O2. The van der Waals surface area contributed by atoms with Crippen LogP contribution in [0.15, 0.2) is 6.20 Å². The van der Waals surface area contributed by atoms with Crippen LogP contribution in [-0.4, -0.2) is 38.7 Å². The van der Waals surface area contributed by atoms with E-state index in [1.807, 2.05) is 6.92 Å². The molecule has 3 rings (SSSR count). The van der Waals surface area contributed by atoms with Crippen LogP contribution in [0.4, 0.5) is 11.8 Å². The summed E-state index contributed by atoms with van der Waals surface area (Å²) in [4.78, 5) is 20.5. The number of anilines is 2. The van der Waals surface area contributed by atoms with Crippen molar-refractivity contribution in [2.45, 2.75) is 82.4 Å². The van der Waals surface area contributed by atoms with E-state index in [4.69, 9.17) is 5.73 Å². The second kappa shape index (κ2) is 7.56. The van der Waals surface area contributed by atoms with Crippen LogP contribution in [0.1, 0.15) is 75.1 Å². The van der Waals surface area contributed by atoms with Crippen LogP contribution in [0.3, 0.4) is 0 Å². The molecule has 2 fully saturated rings. The van der Waals surface area contributed by atoms with E-state index >= 15 is 0 Å². The summed E-state index contributed by atoms with van der Waals surface area (Å²) in [5, 5.41) is 16.8. The molecule has 0 aliphatic heterocycles. The number of carbonyl (C=O) groups is 1. The molecule has 1 aromatic heterocycles. The molecule has 7 nitrogen and oxygen atoms in total. The fourth-order valence-electron chi connectivity index (χ4n) is 3.75. The quantitative estimate of drug-likeness (QED) is 0.650. The van der Waals surface area contributed by atoms with Gasteiger partial charge in [-0.25, -0.2) is 4.98 Å². The van der Waals surface area contributed by atoms with E-state index < -0.39 is 11.5 Å². The van der Waals surface area contributed by atoms with Crippen molar-refractivity contribution in [3.63, 3.8) is 0 Å². The van der Waals surface area contributed by atoms with E-state index in [9.17, 15) is 9.90 Å². The maximum absolute atomic E-state index is 11.7.